The van der Waals surface area contributed by atoms with Gasteiger partial charge in [-0.25, -0.2) is 0 Å². The summed E-state index contributed by atoms with van der Waals surface area (Å²) in [5.74, 6) is 0.906. The molecule has 1 aliphatic heterocycles. The molecular weight excluding hydrogens is 228 g/mol. The molecule has 1 aromatic carbocycles. The Balaban J connectivity index is 1.68. The van der Waals surface area contributed by atoms with Gasteiger partial charge in [-0.3, -0.25) is 4.90 Å². The van der Waals surface area contributed by atoms with Crippen LogP contribution in [0.4, 0.5) is 5.69 Å². The molecule has 0 bridgehead atoms. The van der Waals surface area contributed by atoms with Crippen LogP contribution in [-0.4, -0.2) is 51.4 Å². The maximum absolute atomic E-state index is 5.33. The molecule has 0 unspecified atom stereocenters. The number of nitrogens with zero attached hydrogens (tertiary/aromatic N) is 1. The average Bonchev–Trinajstić information content (AvgIpc) is 2.45. The minimum atomic E-state index is 0.875. The second-order valence-electron chi connectivity index (χ2n) is 4.43. The van der Waals surface area contributed by atoms with E-state index < -0.39 is 0 Å². The van der Waals surface area contributed by atoms with Gasteiger partial charge in [0.2, 0.25) is 0 Å². The highest BCUT2D eigenvalue weighted by Crippen LogP contribution is 2.22. The van der Waals surface area contributed by atoms with Crippen LogP contribution >= 0.6 is 0 Å². The van der Waals surface area contributed by atoms with E-state index in [9.17, 15) is 0 Å². The van der Waals surface area contributed by atoms with Crippen LogP contribution in [0.2, 0.25) is 0 Å². The van der Waals surface area contributed by atoms with E-state index in [-0.39, 0.29) is 0 Å². The predicted molar refractivity (Wildman–Crippen MR) is 73.4 cm³/mol. The summed E-state index contributed by atoms with van der Waals surface area (Å²) >= 11 is 0. The lowest BCUT2D eigenvalue weighted by atomic mass is 10.2. The van der Waals surface area contributed by atoms with Crippen molar-refractivity contribution in [2.24, 2.45) is 0 Å². The van der Waals surface area contributed by atoms with Gasteiger partial charge in [0.05, 0.1) is 26.0 Å². The number of methoxy groups -OCH3 is 1. The molecule has 100 valence electrons. The van der Waals surface area contributed by atoms with Crippen molar-refractivity contribution in [1.82, 2.24) is 4.90 Å². The van der Waals surface area contributed by atoms with Crippen molar-refractivity contribution in [3.05, 3.63) is 24.3 Å². The molecule has 0 aromatic heterocycles. The van der Waals surface area contributed by atoms with Crippen molar-refractivity contribution in [2.45, 2.75) is 6.42 Å². The number of anilines is 1. The van der Waals surface area contributed by atoms with Crippen LogP contribution in [-0.2, 0) is 4.74 Å². The summed E-state index contributed by atoms with van der Waals surface area (Å²) in [5.41, 5.74) is 1.07. The molecule has 0 radical (unpaired) electrons. The number of morpholine rings is 1. The monoisotopic (exact) mass is 250 g/mol. The zero-order chi connectivity index (χ0) is 12.6. The fraction of sp³-hybridized carbons (Fsp3) is 0.571. The molecule has 4 nitrogen and oxygen atoms in total. The molecule has 2 rings (SSSR count). The van der Waals surface area contributed by atoms with Crippen LogP contribution in [0.3, 0.4) is 0 Å². The number of hydrogen-bond donors (Lipinski definition) is 1. The van der Waals surface area contributed by atoms with E-state index in [1.54, 1.807) is 7.11 Å². The third-order valence-corrected chi connectivity index (χ3v) is 3.18. The molecule has 1 saturated heterocycles. The van der Waals surface area contributed by atoms with E-state index >= 15 is 0 Å². The normalized spacial score (nSPS) is 16.5. The summed E-state index contributed by atoms with van der Waals surface area (Å²) < 4.78 is 10.6. The number of benzene rings is 1. The Morgan fingerprint density at radius 1 is 1.28 bits per heavy atom. The van der Waals surface area contributed by atoms with Crippen molar-refractivity contribution in [3.63, 3.8) is 0 Å². The highest BCUT2D eigenvalue weighted by molar-refractivity contribution is 5.55. The van der Waals surface area contributed by atoms with Crippen LogP contribution in [0.25, 0.3) is 0 Å². The quantitative estimate of drug-likeness (QED) is 0.781. The maximum atomic E-state index is 5.33. The van der Waals surface area contributed by atoms with Gasteiger partial charge in [0.25, 0.3) is 0 Å². The van der Waals surface area contributed by atoms with E-state index in [2.05, 4.69) is 10.2 Å². The van der Waals surface area contributed by atoms with E-state index in [1.807, 2.05) is 24.3 Å². The van der Waals surface area contributed by atoms with E-state index in [0.717, 1.165) is 57.3 Å². The number of para-hydroxylation sites is 2. The first kappa shape index (κ1) is 13.2. The lowest BCUT2D eigenvalue weighted by Gasteiger charge is -2.26. The number of nitrogens with one attached hydrogen (secondary N) is 1. The molecule has 0 spiro atoms. The topological polar surface area (TPSA) is 33.7 Å². The molecule has 0 atom stereocenters. The summed E-state index contributed by atoms with van der Waals surface area (Å²) in [6, 6.07) is 8.03. The van der Waals surface area contributed by atoms with Crippen LogP contribution in [0.5, 0.6) is 5.75 Å². The third kappa shape index (κ3) is 3.89. The molecule has 1 heterocycles. The molecule has 0 saturated carbocycles. The van der Waals surface area contributed by atoms with Gasteiger partial charge in [-0.1, -0.05) is 12.1 Å². The number of rotatable bonds is 6. The van der Waals surface area contributed by atoms with E-state index in [4.69, 9.17) is 9.47 Å². The van der Waals surface area contributed by atoms with Crippen LogP contribution < -0.4 is 10.1 Å². The molecule has 1 fully saturated rings. The summed E-state index contributed by atoms with van der Waals surface area (Å²) in [7, 11) is 1.70. The van der Waals surface area contributed by atoms with Crippen molar-refractivity contribution in [2.75, 3.05) is 51.8 Å². The first-order chi connectivity index (χ1) is 8.90. The van der Waals surface area contributed by atoms with E-state index in [0.29, 0.717) is 0 Å². The summed E-state index contributed by atoms with van der Waals surface area (Å²) in [5, 5.41) is 3.42. The lowest BCUT2D eigenvalue weighted by molar-refractivity contribution is 0.0378. The van der Waals surface area contributed by atoms with Crippen molar-refractivity contribution >= 4 is 5.69 Å². The minimum Gasteiger partial charge on any atom is -0.495 e. The molecule has 1 aromatic rings. The Hall–Kier alpha value is -1.26. The van der Waals surface area contributed by atoms with Crippen molar-refractivity contribution < 1.29 is 9.47 Å². The highest BCUT2D eigenvalue weighted by Gasteiger charge is 2.09. The van der Waals surface area contributed by atoms with Gasteiger partial charge in [0.15, 0.2) is 0 Å². The molecule has 4 heteroatoms. The molecular formula is C14H22N2O2. The summed E-state index contributed by atoms with van der Waals surface area (Å²) in [4.78, 5) is 2.45. The second-order valence-corrected chi connectivity index (χ2v) is 4.43. The van der Waals surface area contributed by atoms with Crippen LogP contribution in [0.15, 0.2) is 24.3 Å². The Morgan fingerprint density at radius 3 is 2.83 bits per heavy atom. The third-order valence-electron chi connectivity index (χ3n) is 3.18. The van der Waals surface area contributed by atoms with Gasteiger partial charge < -0.3 is 14.8 Å². The van der Waals surface area contributed by atoms with Crippen LogP contribution in [0.1, 0.15) is 6.42 Å². The zero-order valence-corrected chi connectivity index (χ0v) is 11.0. The minimum absolute atomic E-state index is 0.875. The van der Waals surface area contributed by atoms with Gasteiger partial charge in [-0.15, -0.1) is 0 Å². The SMILES string of the molecule is COc1ccccc1NCCCN1CCOCC1. The lowest BCUT2D eigenvalue weighted by Crippen LogP contribution is -2.37. The van der Waals surface area contributed by atoms with Crippen LogP contribution in [0, 0.1) is 0 Å². The van der Waals surface area contributed by atoms with Gasteiger partial charge in [-0.05, 0) is 25.1 Å². The largest absolute Gasteiger partial charge is 0.495 e. The fourth-order valence-electron chi connectivity index (χ4n) is 2.14. The van der Waals surface area contributed by atoms with Gasteiger partial charge in [-0.2, -0.15) is 0 Å². The Morgan fingerprint density at radius 2 is 2.06 bits per heavy atom. The fourth-order valence-corrected chi connectivity index (χ4v) is 2.14. The van der Waals surface area contributed by atoms with Gasteiger partial charge in [0, 0.05) is 19.6 Å². The Kier molecular flexibility index (Phi) is 5.30. The van der Waals surface area contributed by atoms with Gasteiger partial charge >= 0.3 is 0 Å². The van der Waals surface area contributed by atoms with Crippen molar-refractivity contribution in [1.29, 1.82) is 0 Å². The highest BCUT2D eigenvalue weighted by atomic mass is 16.5. The smallest absolute Gasteiger partial charge is 0.141 e. The molecule has 18 heavy (non-hydrogen) atoms. The summed E-state index contributed by atoms with van der Waals surface area (Å²) in [6.45, 7) is 5.98. The standard InChI is InChI=1S/C14H22N2O2/c1-17-14-6-3-2-5-13(14)15-7-4-8-16-9-11-18-12-10-16/h2-3,5-6,15H,4,7-12H2,1H3. The van der Waals surface area contributed by atoms with Gasteiger partial charge in [0.1, 0.15) is 5.75 Å². The zero-order valence-electron chi connectivity index (χ0n) is 11.0. The summed E-state index contributed by atoms with van der Waals surface area (Å²) in [6.07, 6.45) is 1.14. The molecule has 1 N–H and O–H groups in total. The molecule has 0 aliphatic carbocycles. The first-order valence-electron chi connectivity index (χ1n) is 6.57. The van der Waals surface area contributed by atoms with E-state index in [1.165, 1.54) is 0 Å². The second kappa shape index (κ2) is 7.24. The Labute approximate surface area is 109 Å². The number of hydrogen-bond acceptors (Lipinski definition) is 4. The number of ether oxygens (including phenoxy) is 2. The molecule has 0 amide bonds. The average molecular weight is 250 g/mol. The van der Waals surface area contributed by atoms with Crippen molar-refractivity contribution in [3.8, 4) is 5.75 Å². The molecule has 1 aliphatic rings. The predicted octanol–water partition coefficient (Wildman–Crippen LogP) is 1.83. The Bertz CT molecular complexity index is 351. The first-order valence-corrected chi connectivity index (χ1v) is 6.57. The maximum Gasteiger partial charge on any atom is 0.141 e.